The fourth-order valence-corrected chi connectivity index (χ4v) is 2.38. The van der Waals surface area contributed by atoms with Crippen LogP contribution in [-0.4, -0.2) is 6.29 Å². The second kappa shape index (κ2) is 3.95. The average molecular weight is 188 g/mol. The molecule has 1 aromatic carbocycles. The van der Waals surface area contributed by atoms with Gasteiger partial charge in [-0.1, -0.05) is 18.2 Å². The van der Waals surface area contributed by atoms with Crippen molar-refractivity contribution in [2.24, 2.45) is 5.92 Å². The Labute approximate surface area is 85.1 Å². The lowest BCUT2D eigenvalue weighted by Crippen LogP contribution is -2.15. The van der Waals surface area contributed by atoms with E-state index in [1.807, 2.05) is 0 Å². The molecule has 1 aliphatic rings. The SMILES string of the molecule is Cc1cccc2c1CC(CC=O)CC2. The van der Waals surface area contributed by atoms with Gasteiger partial charge in [-0.15, -0.1) is 0 Å². The van der Waals surface area contributed by atoms with Crippen LogP contribution in [0.3, 0.4) is 0 Å². The monoisotopic (exact) mass is 188 g/mol. The van der Waals surface area contributed by atoms with E-state index in [0.717, 1.165) is 25.5 Å². The average Bonchev–Trinajstić information content (AvgIpc) is 2.20. The summed E-state index contributed by atoms with van der Waals surface area (Å²) < 4.78 is 0. The highest BCUT2D eigenvalue weighted by Crippen LogP contribution is 2.28. The zero-order chi connectivity index (χ0) is 9.97. The first-order valence-corrected chi connectivity index (χ1v) is 5.32. The van der Waals surface area contributed by atoms with Gasteiger partial charge in [-0.05, 0) is 48.8 Å². The number of hydrogen-bond donors (Lipinski definition) is 0. The molecule has 0 saturated carbocycles. The first-order valence-electron chi connectivity index (χ1n) is 5.32. The van der Waals surface area contributed by atoms with Crippen LogP contribution in [0.15, 0.2) is 18.2 Å². The summed E-state index contributed by atoms with van der Waals surface area (Å²) in [5.41, 5.74) is 4.37. The molecule has 0 amide bonds. The minimum absolute atomic E-state index is 0.584. The van der Waals surface area contributed by atoms with Crippen LogP contribution < -0.4 is 0 Å². The molecule has 0 radical (unpaired) electrons. The lowest BCUT2D eigenvalue weighted by molar-refractivity contribution is -0.108. The van der Waals surface area contributed by atoms with Crippen molar-refractivity contribution in [2.75, 3.05) is 0 Å². The third kappa shape index (κ3) is 1.72. The summed E-state index contributed by atoms with van der Waals surface area (Å²) in [7, 11) is 0. The van der Waals surface area contributed by atoms with Crippen molar-refractivity contribution in [1.82, 2.24) is 0 Å². The van der Waals surface area contributed by atoms with Crippen molar-refractivity contribution in [2.45, 2.75) is 32.6 Å². The second-order valence-electron chi connectivity index (χ2n) is 4.22. The number of fused-ring (bicyclic) bond motifs is 1. The quantitative estimate of drug-likeness (QED) is 0.652. The summed E-state index contributed by atoms with van der Waals surface area (Å²) in [5, 5.41) is 0. The molecule has 2 rings (SSSR count). The van der Waals surface area contributed by atoms with Gasteiger partial charge in [-0.3, -0.25) is 0 Å². The van der Waals surface area contributed by atoms with Crippen molar-refractivity contribution >= 4 is 6.29 Å². The molecule has 0 aromatic heterocycles. The molecular formula is C13H16O. The predicted octanol–water partition coefficient (Wildman–Crippen LogP) is 2.69. The Hall–Kier alpha value is -1.11. The van der Waals surface area contributed by atoms with Gasteiger partial charge in [0.15, 0.2) is 0 Å². The fourth-order valence-electron chi connectivity index (χ4n) is 2.38. The third-order valence-electron chi connectivity index (χ3n) is 3.25. The normalized spacial score (nSPS) is 20.2. The smallest absolute Gasteiger partial charge is 0.120 e. The molecule has 1 heteroatoms. The molecule has 14 heavy (non-hydrogen) atoms. The van der Waals surface area contributed by atoms with E-state index in [1.165, 1.54) is 23.1 Å². The molecule has 1 aliphatic carbocycles. The molecule has 1 aromatic rings. The summed E-state index contributed by atoms with van der Waals surface area (Å²) in [5.74, 6) is 0.584. The van der Waals surface area contributed by atoms with Crippen molar-refractivity contribution in [3.8, 4) is 0 Å². The molecule has 0 bridgehead atoms. The maximum atomic E-state index is 10.5. The van der Waals surface area contributed by atoms with Gasteiger partial charge < -0.3 is 4.79 Å². The molecule has 0 heterocycles. The minimum Gasteiger partial charge on any atom is -0.303 e. The van der Waals surface area contributed by atoms with Crippen LogP contribution in [0.1, 0.15) is 29.5 Å². The maximum absolute atomic E-state index is 10.5. The van der Waals surface area contributed by atoms with Crippen LogP contribution in [0.2, 0.25) is 0 Å². The van der Waals surface area contributed by atoms with Crippen molar-refractivity contribution < 1.29 is 4.79 Å². The highest BCUT2D eigenvalue weighted by Gasteiger charge is 2.18. The standard InChI is InChI=1S/C13H16O/c1-10-3-2-4-12-6-5-11(7-8-14)9-13(10)12/h2-4,8,11H,5-7,9H2,1H3. The van der Waals surface area contributed by atoms with E-state index >= 15 is 0 Å². The van der Waals surface area contributed by atoms with Crippen molar-refractivity contribution in [3.05, 3.63) is 34.9 Å². The number of aldehydes is 1. The highest BCUT2D eigenvalue weighted by molar-refractivity contribution is 5.50. The largest absolute Gasteiger partial charge is 0.303 e. The van der Waals surface area contributed by atoms with Gasteiger partial charge in [0.2, 0.25) is 0 Å². The van der Waals surface area contributed by atoms with Crippen LogP contribution in [0.5, 0.6) is 0 Å². The molecule has 0 spiro atoms. The first kappa shape index (κ1) is 9.45. The lowest BCUT2D eigenvalue weighted by Gasteiger charge is -2.24. The fraction of sp³-hybridized carbons (Fsp3) is 0.462. The van der Waals surface area contributed by atoms with E-state index in [4.69, 9.17) is 0 Å². The molecule has 0 fully saturated rings. The summed E-state index contributed by atoms with van der Waals surface area (Å²) in [6.45, 7) is 2.17. The Bertz CT molecular complexity index is 341. The van der Waals surface area contributed by atoms with Crippen LogP contribution >= 0.6 is 0 Å². The molecule has 1 nitrogen and oxygen atoms in total. The van der Waals surface area contributed by atoms with Gasteiger partial charge in [-0.2, -0.15) is 0 Å². The number of aryl methyl sites for hydroxylation is 2. The van der Waals surface area contributed by atoms with Gasteiger partial charge in [-0.25, -0.2) is 0 Å². The maximum Gasteiger partial charge on any atom is 0.120 e. The zero-order valence-electron chi connectivity index (χ0n) is 8.62. The van der Waals surface area contributed by atoms with Crippen LogP contribution in [0.4, 0.5) is 0 Å². The number of benzene rings is 1. The minimum atomic E-state index is 0.584. The Kier molecular flexibility index (Phi) is 2.67. The Morgan fingerprint density at radius 3 is 3.14 bits per heavy atom. The van der Waals surface area contributed by atoms with Gasteiger partial charge >= 0.3 is 0 Å². The molecule has 1 unspecified atom stereocenters. The molecule has 1 atom stereocenters. The second-order valence-corrected chi connectivity index (χ2v) is 4.22. The van der Waals surface area contributed by atoms with E-state index in [9.17, 15) is 4.79 Å². The summed E-state index contributed by atoms with van der Waals surface area (Å²) in [6, 6.07) is 6.52. The number of carbonyl (C=O) groups excluding carboxylic acids is 1. The van der Waals surface area contributed by atoms with Gasteiger partial charge in [0.05, 0.1) is 0 Å². The molecule has 0 aliphatic heterocycles. The summed E-state index contributed by atoms with van der Waals surface area (Å²) >= 11 is 0. The van der Waals surface area contributed by atoms with Gasteiger partial charge in [0, 0.05) is 6.42 Å². The number of carbonyl (C=O) groups is 1. The van der Waals surface area contributed by atoms with E-state index in [-0.39, 0.29) is 0 Å². The summed E-state index contributed by atoms with van der Waals surface area (Å²) in [4.78, 5) is 10.5. The van der Waals surface area contributed by atoms with Crippen molar-refractivity contribution in [1.29, 1.82) is 0 Å². The molecule has 0 N–H and O–H groups in total. The van der Waals surface area contributed by atoms with Crippen LogP contribution in [0, 0.1) is 12.8 Å². The van der Waals surface area contributed by atoms with Gasteiger partial charge in [0.1, 0.15) is 6.29 Å². The third-order valence-corrected chi connectivity index (χ3v) is 3.25. The summed E-state index contributed by atoms with van der Waals surface area (Å²) in [6.07, 6.45) is 5.22. The molecule has 74 valence electrons. The number of hydrogen-bond acceptors (Lipinski definition) is 1. The van der Waals surface area contributed by atoms with Crippen LogP contribution in [-0.2, 0) is 17.6 Å². The lowest BCUT2D eigenvalue weighted by atomic mass is 9.81. The number of rotatable bonds is 2. The Morgan fingerprint density at radius 2 is 2.36 bits per heavy atom. The Balaban J connectivity index is 2.24. The van der Waals surface area contributed by atoms with E-state index in [2.05, 4.69) is 25.1 Å². The van der Waals surface area contributed by atoms with E-state index in [0.29, 0.717) is 5.92 Å². The topological polar surface area (TPSA) is 17.1 Å². The Morgan fingerprint density at radius 1 is 1.50 bits per heavy atom. The van der Waals surface area contributed by atoms with E-state index < -0.39 is 0 Å². The van der Waals surface area contributed by atoms with E-state index in [1.54, 1.807) is 0 Å². The first-order chi connectivity index (χ1) is 6.81. The van der Waals surface area contributed by atoms with Crippen LogP contribution in [0.25, 0.3) is 0 Å². The predicted molar refractivity (Wildman–Crippen MR) is 57.4 cm³/mol. The zero-order valence-corrected chi connectivity index (χ0v) is 8.62. The highest BCUT2D eigenvalue weighted by atomic mass is 16.1. The van der Waals surface area contributed by atoms with Crippen molar-refractivity contribution in [3.63, 3.8) is 0 Å². The van der Waals surface area contributed by atoms with Gasteiger partial charge in [0.25, 0.3) is 0 Å². The molecular weight excluding hydrogens is 172 g/mol. The molecule has 0 saturated heterocycles.